The summed E-state index contributed by atoms with van der Waals surface area (Å²) in [6.07, 6.45) is 0. The van der Waals surface area contributed by atoms with Gasteiger partial charge in [0.25, 0.3) is 0 Å². The van der Waals surface area contributed by atoms with Crippen molar-refractivity contribution in [3.63, 3.8) is 0 Å². The second-order valence-electron chi connectivity index (χ2n) is 3.91. The van der Waals surface area contributed by atoms with E-state index in [1.807, 2.05) is 13.8 Å². The van der Waals surface area contributed by atoms with Crippen molar-refractivity contribution in [2.45, 2.75) is 26.8 Å². The highest BCUT2D eigenvalue weighted by Gasteiger charge is 2.08. The van der Waals surface area contributed by atoms with Crippen molar-refractivity contribution in [3.8, 4) is 0 Å². The molecule has 1 aromatic rings. The maximum atomic E-state index is 10.7. The van der Waals surface area contributed by atoms with Crippen LogP contribution in [0.3, 0.4) is 0 Å². The molecule has 0 fully saturated rings. The van der Waals surface area contributed by atoms with E-state index in [1.54, 1.807) is 19.1 Å². The van der Waals surface area contributed by atoms with Crippen molar-refractivity contribution in [2.24, 2.45) is 5.10 Å². The molecule has 0 saturated heterocycles. The molecule has 18 heavy (non-hydrogen) atoms. The number of thiophene rings is 1. The quantitative estimate of drug-likeness (QED) is 0.448. The molecule has 7 heteroatoms. The SMILES string of the molecule is C/C(=N/NC(=S)NC(C)C)c1ccc(C(=O)O)s1. The van der Waals surface area contributed by atoms with E-state index in [0.717, 1.165) is 4.88 Å². The lowest BCUT2D eigenvalue weighted by atomic mass is 10.3. The van der Waals surface area contributed by atoms with Crippen LogP contribution in [-0.2, 0) is 0 Å². The molecule has 98 valence electrons. The van der Waals surface area contributed by atoms with Crippen LogP contribution in [0.2, 0.25) is 0 Å². The molecule has 0 aliphatic rings. The summed E-state index contributed by atoms with van der Waals surface area (Å²) in [6.45, 7) is 5.74. The average molecular weight is 285 g/mol. The summed E-state index contributed by atoms with van der Waals surface area (Å²) < 4.78 is 0. The molecule has 1 rings (SSSR count). The number of hydrazone groups is 1. The summed E-state index contributed by atoms with van der Waals surface area (Å²) in [6, 6.07) is 3.53. The van der Waals surface area contributed by atoms with Gasteiger partial charge in [-0.1, -0.05) is 0 Å². The van der Waals surface area contributed by atoms with Gasteiger partial charge in [0.15, 0.2) is 5.11 Å². The van der Waals surface area contributed by atoms with Crippen LogP contribution in [0.1, 0.15) is 35.3 Å². The highest BCUT2D eigenvalue weighted by molar-refractivity contribution is 7.80. The van der Waals surface area contributed by atoms with Crippen molar-refractivity contribution >= 4 is 40.3 Å². The summed E-state index contributed by atoms with van der Waals surface area (Å²) in [7, 11) is 0. The van der Waals surface area contributed by atoms with E-state index in [0.29, 0.717) is 15.7 Å². The molecule has 0 atom stereocenters. The largest absolute Gasteiger partial charge is 0.477 e. The number of nitrogens with one attached hydrogen (secondary N) is 2. The highest BCUT2D eigenvalue weighted by atomic mass is 32.1. The molecular formula is C11H15N3O2S2. The topological polar surface area (TPSA) is 73.7 Å². The molecule has 0 spiro atoms. The molecule has 0 unspecified atom stereocenters. The van der Waals surface area contributed by atoms with E-state index >= 15 is 0 Å². The van der Waals surface area contributed by atoms with Gasteiger partial charge < -0.3 is 10.4 Å². The van der Waals surface area contributed by atoms with E-state index in [2.05, 4.69) is 15.8 Å². The second-order valence-corrected chi connectivity index (χ2v) is 5.40. The zero-order chi connectivity index (χ0) is 13.7. The predicted octanol–water partition coefficient (Wildman–Crippen LogP) is 2.04. The van der Waals surface area contributed by atoms with Crippen molar-refractivity contribution in [2.75, 3.05) is 0 Å². The van der Waals surface area contributed by atoms with Crippen LogP contribution in [0.5, 0.6) is 0 Å². The minimum Gasteiger partial charge on any atom is -0.477 e. The van der Waals surface area contributed by atoms with Crippen LogP contribution in [0.15, 0.2) is 17.2 Å². The minimum atomic E-state index is -0.927. The van der Waals surface area contributed by atoms with Crippen LogP contribution >= 0.6 is 23.6 Å². The summed E-state index contributed by atoms with van der Waals surface area (Å²) >= 11 is 6.21. The summed E-state index contributed by atoms with van der Waals surface area (Å²) in [4.78, 5) is 11.8. The molecule has 0 aliphatic carbocycles. The first-order valence-corrected chi connectivity index (χ1v) is 6.57. The fourth-order valence-electron chi connectivity index (χ4n) is 1.13. The first-order chi connectivity index (χ1) is 8.40. The van der Waals surface area contributed by atoms with E-state index in [4.69, 9.17) is 17.3 Å². The first-order valence-electron chi connectivity index (χ1n) is 5.34. The van der Waals surface area contributed by atoms with Gasteiger partial charge in [0, 0.05) is 6.04 Å². The molecule has 1 heterocycles. The Hall–Kier alpha value is -1.47. The Morgan fingerprint density at radius 1 is 1.44 bits per heavy atom. The number of nitrogens with zero attached hydrogens (tertiary/aromatic N) is 1. The molecule has 0 radical (unpaired) electrons. The van der Waals surface area contributed by atoms with Crippen molar-refractivity contribution < 1.29 is 9.90 Å². The summed E-state index contributed by atoms with van der Waals surface area (Å²) in [5.41, 5.74) is 3.41. The smallest absolute Gasteiger partial charge is 0.345 e. The van der Waals surface area contributed by atoms with E-state index in [1.165, 1.54) is 11.3 Å². The third-order valence-corrected chi connectivity index (χ3v) is 3.31. The summed E-state index contributed by atoms with van der Waals surface area (Å²) in [5, 5.41) is 16.4. The predicted molar refractivity (Wildman–Crippen MR) is 77.5 cm³/mol. The van der Waals surface area contributed by atoms with Gasteiger partial charge in [0.1, 0.15) is 4.88 Å². The second kappa shape index (κ2) is 6.46. The Bertz CT molecular complexity index is 480. The van der Waals surface area contributed by atoms with Crippen LogP contribution in [0, 0.1) is 0 Å². The van der Waals surface area contributed by atoms with Gasteiger partial charge in [-0.05, 0) is 45.1 Å². The van der Waals surface area contributed by atoms with E-state index in [9.17, 15) is 4.79 Å². The monoisotopic (exact) mass is 285 g/mol. The number of carbonyl (C=O) groups is 1. The zero-order valence-electron chi connectivity index (χ0n) is 10.4. The van der Waals surface area contributed by atoms with Crippen LogP contribution in [0.25, 0.3) is 0 Å². The van der Waals surface area contributed by atoms with Crippen LogP contribution in [-0.4, -0.2) is 27.9 Å². The molecule has 0 bridgehead atoms. The third kappa shape index (κ3) is 4.42. The molecule has 0 aliphatic heterocycles. The van der Waals surface area contributed by atoms with E-state index in [-0.39, 0.29) is 6.04 Å². The maximum Gasteiger partial charge on any atom is 0.345 e. The normalized spacial score (nSPS) is 11.4. The van der Waals surface area contributed by atoms with Gasteiger partial charge in [-0.15, -0.1) is 11.3 Å². The molecule has 0 aromatic carbocycles. The fourth-order valence-corrected chi connectivity index (χ4v) is 2.20. The number of hydrogen-bond donors (Lipinski definition) is 3. The van der Waals surface area contributed by atoms with Gasteiger partial charge in [0.05, 0.1) is 10.6 Å². The summed E-state index contributed by atoms with van der Waals surface area (Å²) in [5.74, 6) is -0.927. The molecular weight excluding hydrogens is 270 g/mol. The Morgan fingerprint density at radius 2 is 2.06 bits per heavy atom. The molecule has 1 aromatic heterocycles. The highest BCUT2D eigenvalue weighted by Crippen LogP contribution is 2.17. The van der Waals surface area contributed by atoms with Gasteiger partial charge >= 0.3 is 5.97 Å². The number of hydrogen-bond acceptors (Lipinski definition) is 4. The van der Waals surface area contributed by atoms with Crippen molar-refractivity contribution in [1.29, 1.82) is 0 Å². The third-order valence-electron chi connectivity index (χ3n) is 1.92. The Balaban J connectivity index is 2.65. The van der Waals surface area contributed by atoms with Crippen LogP contribution < -0.4 is 10.7 Å². The standard InChI is InChI=1S/C11H15N3O2S2/c1-6(2)12-11(17)14-13-7(3)8-4-5-9(18-8)10(15)16/h4-6H,1-3H3,(H,15,16)(H2,12,14,17)/b13-7-. The zero-order valence-corrected chi connectivity index (χ0v) is 12.0. The van der Waals surface area contributed by atoms with Crippen molar-refractivity contribution in [1.82, 2.24) is 10.7 Å². The average Bonchev–Trinajstić information content (AvgIpc) is 2.74. The number of carboxylic acids is 1. The molecule has 0 saturated carbocycles. The number of rotatable bonds is 4. The number of carboxylic acid groups (broad SMARTS) is 1. The van der Waals surface area contributed by atoms with Gasteiger partial charge in [-0.25, -0.2) is 4.79 Å². The maximum absolute atomic E-state index is 10.7. The van der Waals surface area contributed by atoms with Gasteiger partial charge in [0.2, 0.25) is 0 Å². The Labute approximate surface area is 115 Å². The lowest BCUT2D eigenvalue weighted by molar-refractivity contribution is 0.0702. The number of thiocarbonyl (C=S) groups is 1. The van der Waals surface area contributed by atoms with Gasteiger partial charge in [-0.2, -0.15) is 5.10 Å². The molecule has 3 N–H and O–H groups in total. The molecule has 5 nitrogen and oxygen atoms in total. The lowest BCUT2D eigenvalue weighted by Crippen LogP contribution is -2.37. The van der Waals surface area contributed by atoms with E-state index < -0.39 is 5.97 Å². The minimum absolute atomic E-state index is 0.237. The van der Waals surface area contributed by atoms with Crippen LogP contribution in [0.4, 0.5) is 0 Å². The van der Waals surface area contributed by atoms with Crippen molar-refractivity contribution in [3.05, 3.63) is 21.9 Å². The Morgan fingerprint density at radius 3 is 2.56 bits per heavy atom. The number of aromatic carboxylic acids is 1. The lowest BCUT2D eigenvalue weighted by Gasteiger charge is -2.10. The molecule has 0 amide bonds. The Kier molecular flexibility index (Phi) is 5.24. The first kappa shape index (κ1) is 14.6. The fraction of sp³-hybridized carbons (Fsp3) is 0.364. The van der Waals surface area contributed by atoms with Gasteiger partial charge in [-0.3, -0.25) is 5.43 Å².